The molecule has 98 valence electrons. The molecule has 17 heavy (non-hydrogen) atoms. The van der Waals surface area contributed by atoms with Crippen molar-refractivity contribution >= 4 is 5.91 Å². The largest absolute Gasteiger partial charge is 0.342 e. The summed E-state index contributed by atoms with van der Waals surface area (Å²) in [6, 6.07) is 0. The van der Waals surface area contributed by atoms with Crippen molar-refractivity contribution in [3.63, 3.8) is 0 Å². The van der Waals surface area contributed by atoms with E-state index in [1.165, 1.54) is 38.8 Å². The zero-order valence-electron chi connectivity index (χ0n) is 11.0. The Kier molecular flexibility index (Phi) is 4.80. The number of nitrogens with zero attached hydrogens (tertiary/aromatic N) is 2. The minimum Gasteiger partial charge on any atom is -0.342 e. The lowest BCUT2D eigenvalue weighted by molar-refractivity contribution is -0.129. The van der Waals surface area contributed by atoms with Gasteiger partial charge >= 0.3 is 0 Å². The highest BCUT2D eigenvalue weighted by Crippen LogP contribution is 2.13. The summed E-state index contributed by atoms with van der Waals surface area (Å²) in [4.78, 5) is 16.2. The maximum atomic E-state index is 11.8. The number of carbonyl (C=O) groups excluding carboxylic acids is 1. The summed E-state index contributed by atoms with van der Waals surface area (Å²) in [5.74, 6) is 1.01. The molecule has 1 N–H and O–H groups in total. The molecular formula is C13H25N3O. The Morgan fingerprint density at radius 1 is 1.24 bits per heavy atom. The molecule has 0 aromatic rings. The summed E-state index contributed by atoms with van der Waals surface area (Å²) in [6.07, 6.45) is 4.95. The quantitative estimate of drug-likeness (QED) is 0.778. The molecule has 1 amide bonds. The highest BCUT2D eigenvalue weighted by molar-refractivity contribution is 5.78. The summed E-state index contributed by atoms with van der Waals surface area (Å²) >= 11 is 0. The predicted octanol–water partition coefficient (Wildman–Crippen LogP) is 0.540. The van der Waals surface area contributed by atoms with Crippen molar-refractivity contribution in [3.8, 4) is 0 Å². The van der Waals surface area contributed by atoms with Gasteiger partial charge in [-0.15, -0.1) is 0 Å². The molecule has 0 saturated carbocycles. The Morgan fingerprint density at radius 2 is 2.00 bits per heavy atom. The summed E-state index contributed by atoms with van der Waals surface area (Å²) < 4.78 is 0. The van der Waals surface area contributed by atoms with Gasteiger partial charge in [0.05, 0.1) is 6.54 Å². The standard InChI is InChI=1S/C13H25N3O/c1-15-6-4-5-12(11-15)9-14-10-13(17)16-7-2-3-8-16/h12,14H,2-11H2,1H3. The van der Waals surface area contributed by atoms with E-state index in [0.29, 0.717) is 6.54 Å². The molecule has 0 aliphatic carbocycles. The van der Waals surface area contributed by atoms with Crippen molar-refractivity contribution in [2.75, 3.05) is 46.3 Å². The number of amides is 1. The third-order valence-electron chi connectivity index (χ3n) is 3.89. The second kappa shape index (κ2) is 6.36. The third-order valence-corrected chi connectivity index (χ3v) is 3.89. The van der Waals surface area contributed by atoms with Gasteiger partial charge in [-0.1, -0.05) is 0 Å². The van der Waals surface area contributed by atoms with E-state index in [9.17, 15) is 4.79 Å². The third kappa shape index (κ3) is 3.96. The minimum absolute atomic E-state index is 0.284. The minimum atomic E-state index is 0.284. The van der Waals surface area contributed by atoms with E-state index in [4.69, 9.17) is 0 Å². The van der Waals surface area contributed by atoms with E-state index in [1.54, 1.807) is 0 Å². The number of nitrogens with one attached hydrogen (secondary N) is 1. The van der Waals surface area contributed by atoms with E-state index in [-0.39, 0.29) is 5.91 Å². The highest BCUT2D eigenvalue weighted by Gasteiger charge is 2.19. The summed E-state index contributed by atoms with van der Waals surface area (Å²) in [5.41, 5.74) is 0. The number of hydrogen-bond acceptors (Lipinski definition) is 3. The van der Waals surface area contributed by atoms with Crippen LogP contribution in [0.3, 0.4) is 0 Å². The van der Waals surface area contributed by atoms with Crippen LogP contribution in [0.2, 0.25) is 0 Å². The van der Waals surface area contributed by atoms with Gasteiger partial charge in [-0.2, -0.15) is 0 Å². The Balaban J connectivity index is 1.60. The molecule has 1 atom stereocenters. The van der Waals surface area contributed by atoms with E-state index in [1.807, 2.05) is 4.90 Å². The van der Waals surface area contributed by atoms with E-state index in [0.717, 1.165) is 25.6 Å². The molecule has 0 aromatic carbocycles. The van der Waals surface area contributed by atoms with Gasteiger partial charge in [-0.25, -0.2) is 0 Å². The fourth-order valence-corrected chi connectivity index (χ4v) is 2.90. The number of rotatable bonds is 4. The molecule has 0 bridgehead atoms. The molecule has 2 rings (SSSR count). The van der Waals surface area contributed by atoms with Crippen LogP contribution in [0.4, 0.5) is 0 Å². The number of piperidine rings is 1. The molecule has 4 heteroatoms. The van der Waals surface area contributed by atoms with Gasteiger partial charge in [0, 0.05) is 19.6 Å². The first kappa shape index (κ1) is 12.8. The predicted molar refractivity (Wildman–Crippen MR) is 68.9 cm³/mol. The van der Waals surface area contributed by atoms with Crippen LogP contribution in [-0.2, 0) is 4.79 Å². The Labute approximate surface area is 104 Å². The molecule has 0 aromatic heterocycles. The molecule has 2 aliphatic heterocycles. The topological polar surface area (TPSA) is 35.6 Å². The first-order chi connectivity index (χ1) is 8.25. The normalized spacial score (nSPS) is 26.4. The van der Waals surface area contributed by atoms with Crippen molar-refractivity contribution in [2.24, 2.45) is 5.92 Å². The smallest absolute Gasteiger partial charge is 0.236 e. The highest BCUT2D eigenvalue weighted by atomic mass is 16.2. The molecule has 1 unspecified atom stereocenters. The first-order valence-electron chi connectivity index (χ1n) is 6.93. The van der Waals surface area contributed by atoms with Crippen LogP contribution in [0.1, 0.15) is 25.7 Å². The zero-order valence-corrected chi connectivity index (χ0v) is 11.0. The molecule has 0 radical (unpaired) electrons. The van der Waals surface area contributed by atoms with Gasteiger partial charge in [0.1, 0.15) is 0 Å². The van der Waals surface area contributed by atoms with Crippen LogP contribution < -0.4 is 5.32 Å². The van der Waals surface area contributed by atoms with Gasteiger partial charge < -0.3 is 15.1 Å². The average Bonchev–Trinajstić information content (AvgIpc) is 2.82. The molecule has 2 saturated heterocycles. The van der Waals surface area contributed by atoms with Gasteiger partial charge in [0.15, 0.2) is 0 Å². The Hall–Kier alpha value is -0.610. The van der Waals surface area contributed by atoms with Crippen LogP contribution in [0.15, 0.2) is 0 Å². The first-order valence-corrected chi connectivity index (χ1v) is 6.93. The summed E-state index contributed by atoms with van der Waals surface area (Å²) in [7, 11) is 2.18. The number of carbonyl (C=O) groups is 1. The molecule has 2 fully saturated rings. The van der Waals surface area contributed by atoms with Crippen molar-refractivity contribution in [3.05, 3.63) is 0 Å². The second-order valence-electron chi connectivity index (χ2n) is 5.49. The summed E-state index contributed by atoms with van der Waals surface area (Å²) in [5, 5.41) is 3.33. The molecule has 4 nitrogen and oxygen atoms in total. The lowest BCUT2D eigenvalue weighted by Gasteiger charge is -2.29. The van der Waals surface area contributed by atoms with Gasteiger partial charge in [-0.05, 0) is 51.7 Å². The Bertz CT molecular complexity index is 251. The number of likely N-dealkylation sites (tertiary alicyclic amines) is 2. The fourth-order valence-electron chi connectivity index (χ4n) is 2.90. The van der Waals surface area contributed by atoms with Crippen LogP contribution in [0.25, 0.3) is 0 Å². The molecular weight excluding hydrogens is 214 g/mol. The lowest BCUT2D eigenvalue weighted by Crippen LogP contribution is -2.41. The van der Waals surface area contributed by atoms with Gasteiger partial charge in [0.2, 0.25) is 5.91 Å². The van der Waals surface area contributed by atoms with Crippen molar-refractivity contribution in [1.82, 2.24) is 15.1 Å². The maximum absolute atomic E-state index is 11.8. The van der Waals surface area contributed by atoms with Crippen molar-refractivity contribution in [2.45, 2.75) is 25.7 Å². The van der Waals surface area contributed by atoms with E-state index >= 15 is 0 Å². The Morgan fingerprint density at radius 3 is 2.71 bits per heavy atom. The van der Waals surface area contributed by atoms with Gasteiger partial charge in [0.25, 0.3) is 0 Å². The SMILES string of the molecule is CN1CCCC(CNCC(=O)N2CCCC2)C1. The summed E-state index contributed by atoms with van der Waals surface area (Å²) in [6.45, 7) is 5.84. The number of hydrogen-bond donors (Lipinski definition) is 1. The average molecular weight is 239 g/mol. The fraction of sp³-hybridized carbons (Fsp3) is 0.923. The zero-order chi connectivity index (χ0) is 12.1. The van der Waals surface area contributed by atoms with Crippen LogP contribution in [0, 0.1) is 5.92 Å². The van der Waals surface area contributed by atoms with E-state index < -0.39 is 0 Å². The maximum Gasteiger partial charge on any atom is 0.236 e. The van der Waals surface area contributed by atoms with Crippen LogP contribution >= 0.6 is 0 Å². The van der Waals surface area contributed by atoms with Crippen LogP contribution in [-0.4, -0.2) is 62.0 Å². The van der Waals surface area contributed by atoms with E-state index in [2.05, 4.69) is 17.3 Å². The second-order valence-corrected chi connectivity index (χ2v) is 5.49. The monoisotopic (exact) mass is 239 g/mol. The molecule has 0 spiro atoms. The van der Waals surface area contributed by atoms with Crippen molar-refractivity contribution in [1.29, 1.82) is 0 Å². The van der Waals surface area contributed by atoms with Gasteiger partial charge in [-0.3, -0.25) is 4.79 Å². The molecule has 2 aliphatic rings. The lowest BCUT2D eigenvalue weighted by atomic mass is 9.98. The molecule has 2 heterocycles. The van der Waals surface area contributed by atoms with Crippen LogP contribution in [0.5, 0.6) is 0 Å². The van der Waals surface area contributed by atoms with Crippen molar-refractivity contribution < 1.29 is 4.79 Å².